The van der Waals surface area contributed by atoms with E-state index in [1.165, 1.54) is 37.9 Å². The lowest BCUT2D eigenvalue weighted by Gasteiger charge is -2.35. The molecule has 1 heterocycles. The molecule has 2 fully saturated rings. The SMILES string of the molecule is CC1SCC(C(N)CC2CCCC2)SC1C. The Hall–Kier alpha value is 0.660. The zero-order chi connectivity index (χ0) is 11.5. The zero-order valence-corrected chi connectivity index (χ0v) is 12.2. The summed E-state index contributed by atoms with van der Waals surface area (Å²) in [5.74, 6) is 2.21. The van der Waals surface area contributed by atoms with Gasteiger partial charge in [0.25, 0.3) is 0 Å². The molecule has 0 spiro atoms. The Balaban J connectivity index is 1.78. The summed E-state index contributed by atoms with van der Waals surface area (Å²) in [5, 5.41) is 2.29. The van der Waals surface area contributed by atoms with Crippen LogP contribution in [0.4, 0.5) is 0 Å². The van der Waals surface area contributed by atoms with Crippen LogP contribution in [0.25, 0.3) is 0 Å². The van der Waals surface area contributed by atoms with Crippen molar-refractivity contribution in [3.63, 3.8) is 0 Å². The van der Waals surface area contributed by atoms with Crippen LogP contribution >= 0.6 is 23.5 Å². The Kier molecular flexibility index (Phi) is 4.92. The quantitative estimate of drug-likeness (QED) is 0.840. The minimum atomic E-state index is 0.440. The van der Waals surface area contributed by atoms with E-state index >= 15 is 0 Å². The van der Waals surface area contributed by atoms with Gasteiger partial charge >= 0.3 is 0 Å². The van der Waals surface area contributed by atoms with Gasteiger partial charge in [0.05, 0.1) is 0 Å². The first-order valence-corrected chi connectivity index (χ1v) is 8.68. The maximum absolute atomic E-state index is 6.40. The Bertz CT molecular complexity index is 216. The summed E-state index contributed by atoms with van der Waals surface area (Å²) in [6.07, 6.45) is 7.03. The van der Waals surface area contributed by atoms with Crippen LogP contribution in [0.15, 0.2) is 0 Å². The van der Waals surface area contributed by atoms with Crippen molar-refractivity contribution in [1.29, 1.82) is 0 Å². The summed E-state index contributed by atoms with van der Waals surface area (Å²) in [7, 11) is 0. The number of hydrogen-bond acceptors (Lipinski definition) is 3. The van der Waals surface area contributed by atoms with Gasteiger partial charge in [-0.1, -0.05) is 39.5 Å². The van der Waals surface area contributed by atoms with E-state index in [4.69, 9.17) is 5.73 Å². The van der Waals surface area contributed by atoms with Crippen LogP contribution < -0.4 is 5.73 Å². The molecule has 4 unspecified atom stereocenters. The maximum atomic E-state index is 6.40. The monoisotopic (exact) mass is 259 g/mol. The summed E-state index contributed by atoms with van der Waals surface area (Å²) in [6.45, 7) is 4.71. The van der Waals surface area contributed by atoms with Crippen molar-refractivity contribution in [2.75, 3.05) is 5.75 Å². The van der Waals surface area contributed by atoms with E-state index in [1.54, 1.807) is 0 Å². The first kappa shape index (κ1) is 13.1. The second-order valence-electron chi connectivity index (χ2n) is 5.47. The van der Waals surface area contributed by atoms with Crippen molar-refractivity contribution >= 4 is 23.5 Å². The van der Waals surface area contributed by atoms with Gasteiger partial charge in [-0.3, -0.25) is 0 Å². The number of thioether (sulfide) groups is 2. The van der Waals surface area contributed by atoms with Gasteiger partial charge in [-0.2, -0.15) is 23.5 Å². The molecular weight excluding hydrogens is 234 g/mol. The fourth-order valence-corrected chi connectivity index (χ4v) is 5.89. The topological polar surface area (TPSA) is 26.0 Å². The third kappa shape index (κ3) is 3.33. The van der Waals surface area contributed by atoms with Crippen molar-refractivity contribution in [1.82, 2.24) is 0 Å². The highest BCUT2D eigenvalue weighted by Crippen LogP contribution is 2.39. The van der Waals surface area contributed by atoms with E-state index < -0.39 is 0 Å². The fourth-order valence-electron chi connectivity index (χ4n) is 2.82. The van der Waals surface area contributed by atoms with Gasteiger partial charge in [-0.15, -0.1) is 0 Å². The van der Waals surface area contributed by atoms with Crippen molar-refractivity contribution in [2.24, 2.45) is 11.7 Å². The van der Waals surface area contributed by atoms with E-state index in [1.807, 2.05) is 0 Å². The van der Waals surface area contributed by atoms with Crippen LogP contribution in [0, 0.1) is 5.92 Å². The lowest BCUT2D eigenvalue weighted by molar-refractivity contribution is 0.440. The normalized spacial score (nSPS) is 38.8. The average Bonchev–Trinajstić information content (AvgIpc) is 2.74. The Morgan fingerprint density at radius 1 is 1.19 bits per heavy atom. The van der Waals surface area contributed by atoms with Crippen LogP contribution in [0.5, 0.6) is 0 Å². The molecule has 1 saturated carbocycles. The summed E-state index contributed by atoms with van der Waals surface area (Å²) < 4.78 is 0. The smallest absolute Gasteiger partial charge is 0.0292 e. The lowest BCUT2D eigenvalue weighted by Crippen LogP contribution is -2.40. The van der Waals surface area contributed by atoms with Crippen molar-refractivity contribution in [2.45, 2.75) is 67.7 Å². The summed E-state index contributed by atoms with van der Waals surface area (Å²) in [5.41, 5.74) is 6.40. The molecule has 0 aromatic heterocycles. The minimum Gasteiger partial charge on any atom is -0.327 e. The van der Waals surface area contributed by atoms with E-state index in [9.17, 15) is 0 Å². The third-order valence-corrected chi connectivity index (χ3v) is 7.70. The van der Waals surface area contributed by atoms with Gasteiger partial charge in [0.1, 0.15) is 0 Å². The molecule has 0 aromatic carbocycles. The van der Waals surface area contributed by atoms with Gasteiger partial charge in [-0.05, 0) is 12.3 Å². The van der Waals surface area contributed by atoms with Crippen LogP contribution in [0.1, 0.15) is 46.0 Å². The summed E-state index contributed by atoms with van der Waals surface area (Å²) in [4.78, 5) is 0. The zero-order valence-electron chi connectivity index (χ0n) is 10.5. The first-order chi connectivity index (χ1) is 7.66. The van der Waals surface area contributed by atoms with Crippen LogP contribution in [-0.2, 0) is 0 Å². The molecule has 1 saturated heterocycles. The highest BCUT2D eigenvalue weighted by molar-refractivity contribution is 8.07. The summed E-state index contributed by atoms with van der Waals surface area (Å²) in [6, 6.07) is 0.440. The highest BCUT2D eigenvalue weighted by Gasteiger charge is 2.31. The Labute approximate surface area is 109 Å². The van der Waals surface area contributed by atoms with Gasteiger partial charge in [-0.25, -0.2) is 0 Å². The molecule has 0 aromatic rings. The van der Waals surface area contributed by atoms with Crippen LogP contribution in [-0.4, -0.2) is 27.5 Å². The molecule has 1 aliphatic carbocycles. The molecule has 0 bridgehead atoms. The molecule has 4 atom stereocenters. The molecule has 2 rings (SSSR count). The van der Waals surface area contributed by atoms with E-state index in [-0.39, 0.29) is 0 Å². The molecule has 3 heteroatoms. The molecule has 94 valence electrons. The largest absolute Gasteiger partial charge is 0.327 e. The Morgan fingerprint density at radius 3 is 2.50 bits per heavy atom. The van der Waals surface area contributed by atoms with Gasteiger partial charge in [0.2, 0.25) is 0 Å². The first-order valence-electron chi connectivity index (χ1n) is 6.69. The molecule has 2 aliphatic rings. The predicted molar refractivity (Wildman–Crippen MR) is 77.3 cm³/mol. The predicted octanol–water partition coefficient (Wildman–Crippen LogP) is 3.52. The van der Waals surface area contributed by atoms with Crippen LogP contribution in [0.3, 0.4) is 0 Å². The highest BCUT2D eigenvalue weighted by atomic mass is 32.2. The van der Waals surface area contributed by atoms with E-state index in [0.29, 0.717) is 11.3 Å². The standard InChI is InChI=1S/C13H25NS2/c1-9-10(2)16-13(8-15-9)12(14)7-11-5-3-4-6-11/h9-13H,3-8,14H2,1-2H3. The molecule has 2 N–H and O–H groups in total. The average molecular weight is 259 g/mol. The van der Waals surface area contributed by atoms with Crippen molar-refractivity contribution < 1.29 is 0 Å². The van der Waals surface area contributed by atoms with Gasteiger partial charge < -0.3 is 5.73 Å². The van der Waals surface area contributed by atoms with Crippen molar-refractivity contribution in [3.8, 4) is 0 Å². The second-order valence-corrected chi connectivity index (χ2v) is 8.50. The fraction of sp³-hybridized carbons (Fsp3) is 1.00. The molecule has 0 amide bonds. The second kappa shape index (κ2) is 6.01. The third-order valence-electron chi connectivity index (χ3n) is 4.13. The number of rotatable bonds is 3. The van der Waals surface area contributed by atoms with E-state index in [2.05, 4.69) is 37.4 Å². The van der Waals surface area contributed by atoms with Gasteiger partial charge in [0, 0.05) is 27.5 Å². The molecule has 16 heavy (non-hydrogen) atoms. The maximum Gasteiger partial charge on any atom is 0.0292 e. The molecule has 1 aliphatic heterocycles. The van der Waals surface area contributed by atoms with E-state index in [0.717, 1.165) is 16.4 Å². The minimum absolute atomic E-state index is 0.440. The molecule has 0 radical (unpaired) electrons. The van der Waals surface area contributed by atoms with Gasteiger partial charge in [0.15, 0.2) is 0 Å². The Morgan fingerprint density at radius 2 is 1.88 bits per heavy atom. The lowest BCUT2D eigenvalue weighted by atomic mass is 9.97. The number of hydrogen-bond donors (Lipinski definition) is 1. The van der Waals surface area contributed by atoms with Crippen molar-refractivity contribution in [3.05, 3.63) is 0 Å². The summed E-state index contributed by atoms with van der Waals surface area (Å²) >= 11 is 4.26. The molecule has 1 nitrogen and oxygen atoms in total. The molecular formula is C13H25NS2. The number of nitrogens with two attached hydrogens (primary N) is 1. The van der Waals surface area contributed by atoms with Crippen LogP contribution in [0.2, 0.25) is 0 Å².